The number of hydrogen-bond acceptors (Lipinski definition) is 7. The molecule has 158 valence electrons. The molecule has 0 radical (unpaired) electrons. The molecular weight excluding hydrogens is 418 g/mol. The lowest BCUT2D eigenvalue weighted by Gasteiger charge is -2.35. The zero-order valence-corrected chi connectivity index (χ0v) is 18.7. The minimum atomic E-state index is -0.391. The van der Waals surface area contributed by atoms with Gasteiger partial charge in [-0.25, -0.2) is 4.79 Å². The Balaban J connectivity index is 1.66. The summed E-state index contributed by atoms with van der Waals surface area (Å²) in [5, 5.41) is 7.41. The van der Waals surface area contributed by atoms with E-state index in [1.807, 2.05) is 42.8 Å². The topological polar surface area (TPSA) is 64.6 Å². The molecule has 2 atom stereocenters. The van der Waals surface area contributed by atoms with Crippen LogP contribution in [-0.4, -0.2) is 31.6 Å². The maximum atomic E-state index is 13.3. The van der Waals surface area contributed by atoms with E-state index in [1.54, 1.807) is 22.7 Å². The number of nitrogens with one attached hydrogen (secondary N) is 1. The fourth-order valence-corrected chi connectivity index (χ4v) is 5.86. The number of hydrogen-bond donors (Lipinski definition) is 1. The molecule has 1 N–H and O–H groups in total. The molecule has 4 rings (SSSR count). The molecule has 7 heteroatoms. The first-order valence-corrected chi connectivity index (χ1v) is 11.9. The second-order valence-corrected chi connectivity index (χ2v) is 9.34. The molecule has 1 aliphatic heterocycles. The lowest BCUT2D eigenvalue weighted by atomic mass is 9.74. The van der Waals surface area contributed by atoms with Gasteiger partial charge in [-0.05, 0) is 43.2 Å². The minimum absolute atomic E-state index is 0.104. The monoisotopic (exact) mass is 443 g/mol. The summed E-state index contributed by atoms with van der Waals surface area (Å²) in [6.07, 6.45) is 1.24. The highest BCUT2D eigenvalue weighted by atomic mass is 32.1. The van der Waals surface area contributed by atoms with Gasteiger partial charge in [-0.3, -0.25) is 4.79 Å². The van der Waals surface area contributed by atoms with Crippen LogP contribution in [0.25, 0.3) is 0 Å². The van der Waals surface area contributed by atoms with E-state index in [0.29, 0.717) is 30.8 Å². The predicted molar refractivity (Wildman–Crippen MR) is 119 cm³/mol. The van der Waals surface area contributed by atoms with Gasteiger partial charge >= 0.3 is 5.97 Å². The smallest absolute Gasteiger partial charge is 0.336 e. The standard InChI is InChI=1S/C23H25NO4S2/c1-3-27-8-9-28-23(26)20-14(2)24-16-12-15(18-6-4-10-29-18)13-17(25)21(16)22(20)19-7-5-11-30-19/h4-7,10-11,15,22,24H,3,8-9,12-13H2,1-2H3. The normalized spacial score (nSPS) is 21.5. The van der Waals surface area contributed by atoms with Gasteiger partial charge in [0.05, 0.1) is 18.1 Å². The number of thiophene rings is 2. The van der Waals surface area contributed by atoms with Crippen LogP contribution in [0.15, 0.2) is 57.6 Å². The predicted octanol–water partition coefficient (Wildman–Crippen LogP) is 4.75. The number of carbonyl (C=O) groups excluding carboxylic acids is 2. The van der Waals surface area contributed by atoms with Crippen molar-refractivity contribution >= 4 is 34.4 Å². The lowest BCUT2D eigenvalue weighted by molar-refractivity contribution is -0.140. The zero-order valence-electron chi connectivity index (χ0n) is 17.1. The van der Waals surface area contributed by atoms with Crippen LogP contribution in [0.4, 0.5) is 0 Å². The molecule has 5 nitrogen and oxygen atoms in total. The zero-order chi connectivity index (χ0) is 21.1. The van der Waals surface area contributed by atoms with Crippen molar-refractivity contribution in [3.8, 4) is 0 Å². The van der Waals surface area contributed by atoms with Gasteiger partial charge in [-0.2, -0.15) is 0 Å². The number of rotatable bonds is 7. The van der Waals surface area contributed by atoms with Gasteiger partial charge in [0, 0.05) is 45.7 Å². The van der Waals surface area contributed by atoms with Crippen LogP contribution in [0.5, 0.6) is 0 Å². The van der Waals surface area contributed by atoms with Crippen LogP contribution >= 0.6 is 22.7 Å². The SMILES string of the molecule is CCOCCOC(=O)C1=C(C)NC2=C(C(=O)CC(c3cccs3)C2)C1c1cccs1. The summed E-state index contributed by atoms with van der Waals surface area (Å²) >= 11 is 3.25. The third-order valence-electron chi connectivity index (χ3n) is 5.49. The van der Waals surface area contributed by atoms with Crippen molar-refractivity contribution in [3.63, 3.8) is 0 Å². The lowest BCUT2D eigenvalue weighted by Crippen LogP contribution is -2.36. The van der Waals surface area contributed by atoms with E-state index in [9.17, 15) is 9.59 Å². The summed E-state index contributed by atoms with van der Waals surface area (Å²) in [5.74, 6) is -0.483. The molecule has 0 saturated heterocycles. The van der Waals surface area contributed by atoms with Gasteiger partial charge in [0.2, 0.25) is 0 Å². The number of dihydropyridines is 1. The van der Waals surface area contributed by atoms with Crippen molar-refractivity contribution in [1.29, 1.82) is 0 Å². The van der Waals surface area contributed by atoms with Gasteiger partial charge in [0.25, 0.3) is 0 Å². The maximum Gasteiger partial charge on any atom is 0.336 e. The number of allylic oxidation sites excluding steroid dienone is 3. The fraction of sp³-hybridized carbons (Fsp3) is 0.391. The minimum Gasteiger partial charge on any atom is -0.460 e. The molecule has 2 aromatic heterocycles. The second-order valence-electron chi connectivity index (χ2n) is 7.38. The van der Waals surface area contributed by atoms with Crippen LogP contribution in [0, 0.1) is 0 Å². The Morgan fingerprint density at radius 1 is 1.13 bits per heavy atom. The van der Waals surface area contributed by atoms with E-state index in [0.717, 1.165) is 22.7 Å². The Hall–Kier alpha value is -2.22. The number of esters is 1. The summed E-state index contributed by atoms with van der Waals surface area (Å²) in [4.78, 5) is 28.6. The van der Waals surface area contributed by atoms with Crippen molar-refractivity contribution in [1.82, 2.24) is 5.32 Å². The Kier molecular flexibility index (Phi) is 6.51. The highest BCUT2D eigenvalue weighted by molar-refractivity contribution is 7.10. The second kappa shape index (κ2) is 9.29. The molecule has 0 spiro atoms. The number of ketones is 1. The van der Waals surface area contributed by atoms with Crippen molar-refractivity contribution in [3.05, 3.63) is 67.3 Å². The van der Waals surface area contributed by atoms with E-state index in [4.69, 9.17) is 9.47 Å². The van der Waals surface area contributed by atoms with Gasteiger partial charge in [-0.1, -0.05) is 12.1 Å². The molecule has 30 heavy (non-hydrogen) atoms. The summed E-state index contributed by atoms with van der Waals surface area (Å²) in [6.45, 7) is 4.93. The molecule has 0 saturated carbocycles. The molecule has 2 aromatic rings. The first kappa shape index (κ1) is 21.0. The fourth-order valence-electron chi connectivity index (χ4n) is 4.19. The highest BCUT2D eigenvalue weighted by Gasteiger charge is 2.41. The highest BCUT2D eigenvalue weighted by Crippen LogP contribution is 2.47. The average molecular weight is 444 g/mol. The van der Waals surface area contributed by atoms with Crippen LogP contribution < -0.4 is 5.32 Å². The van der Waals surface area contributed by atoms with Crippen LogP contribution in [0.3, 0.4) is 0 Å². The average Bonchev–Trinajstić information content (AvgIpc) is 3.44. The molecule has 3 heterocycles. The van der Waals surface area contributed by atoms with Crippen LogP contribution in [0.1, 0.15) is 48.3 Å². The van der Waals surface area contributed by atoms with Crippen molar-refractivity contribution in [2.45, 2.75) is 38.5 Å². The Morgan fingerprint density at radius 3 is 2.53 bits per heavy atom. The molecule has 0 fully saturated rings. The number of carbonyl (C=O) groups is 2. The summed E-state index contributed by atoms with van der Waals surface area (Å²) in [6, 6.07) is 8.07. The summed E-state index contributed by atoms with van der Waals surface area (Å²) in [7, 11) is 0. The molecule has 0 bridgehead atoms. The van der Waals surface area contributed by atoms with E-state index >= 15 is 0 Å². The van der Waals surface area contributed by atoms with Crippen molar-refractivity contribution in [2.75, 3.05) is 19.8 Å². The Bertz CT molecular complexity index is 973. The van der Waals surface area contributed by atoms with Crippen molar-refractivity contribution < 1.29 is 19.1 Å². The largest absolute Gasteiger partial charge is 0.460 e. The van der Waals surface area contributed by atoms with E-state index in [-0.39, 0.29) is 24.2 Å². The third kappa shape index (κ3) is 4.15. The van der Waals surface area contributed by atoms with Gasteiger partial charge < -0.3 is 14.8 Å². The Labute approximate surface area is 184 Å². The van der Waals surface area contributed by atoms with E-state index in [2.05, 4.69) is 11.4 Å². The number of ether oxygens (including phenoxy) is 2. The molecule has 2 unspecified atom stereocenters. The molecule has 1 aliphatic carbocycles. The van der Waals surface area contributed by atoms with Gasteiger partial charge in [0.15, 0.2) is 5.78 Å². The Morgan fingerprint density at radius 2 is 1.87 bits per heavy atom. The first-order valence-electron chi connectivity index (χ1n) is 10.2. The third-order valence-corrected chi connectivity index (χ3v) is 7.46. The van der Waals surface area contributed by atoms with Crippen molar-refractivity contribution in [2.24, 2.45) is 0 Å². The number of Topliss-reactive ketones (excluding diaryl/α,β-unsaturated/α-hetero) is 1. The maximum absolute atomic E-state index is 13.3. The molecule has 0 amide bonds. The first-order chi connectivity index (χ1) is 14.6. The molecule has 0 aromatic carbocycles. The van der Waals surface area contributed by atoms with E-state index < -0.39 is 5.97 Å². The summed E-state index contributed by atoms with van der Waals surface area (Å²) < 4.78 is 10.8. The van der Waals surface area contributed by atoms with E-state index in [1.165, 1.54) is 4.88 Å². The van der Waals surface area contributed by atoms with Crippen LogP contribution in [-0.2, 0) is 19.1 Å². The molecular formula is C23H25NO4S2. The van der Waals surface area contributed by atoms with Gasteiger partial charge in [-0.15, -0.1) is 22.7 Å². The van der Waals surface area contributed by atoms with Crippen LogP contribution in [0.2, 0.25) is 0 Å². The quantitative estimate of drug-likeness (QED) is 0.494. The molecule has 2 aliphatic rings. The summed E-state index contributed by atoms with van der Waals surface area (Å²) in [5.41, 5.74) is 2.93. The van der Waals surface area contributed by atoms with Gasteiger partial charge in [0.1, 0.15) is 6.61 Å².